The summed E-state index contributed by atoms with van der Waals surface area (Å²) in [6.07, 6.45) is 33.8. The second kappa shape index (κ2) is 29.3. The summed E-state index contributed by atoms with van der Waals surface area (Å²) in [6.45, 7) is 8.90. The van der Waals surface area contributed by atoms with Gasteiger partial charge in [0, 0.05) is 0 Å². The molecule has 4 nitrogen and oxygen atoms in total. The van der Waals surface area contributed by atoms with E-state index in [1.165, 1.54) is 103 Å². The molecule has 1 unspecified atom stereocenters. The molecule has 0 aromatic carbocycles. The summed E-state index contributed by atoms with van der Waals surface area (Å²) in [5.74, 6) is -1.67. The molecule has 44 heavy (non-hydrogen) atoms. The van der Waals surface area contributed by atoms with Crippen LogP contribution in [0.3, 0.4) is 0 Å². The molecular weight excluding hydrogens is 544 g/mol. The maximum absolute atomic E-state index is 13.5. The van der Waals surface area contributed by atoms with E-state index in [4.69, 9.17) is 0 Å². The molecule has 4 heteroatoms. The highest BCUT2D eigenvalue weighted by Gasteiger charge is 2.59. The smallest absolute Gasteiger partial charge is 0.310 e. The number of carboxylic acids is 2. The molecule has 0 saturated carbocycles. The highest BCUT2D eigenvalue weighted by Crippen LogP contribution is 2.54. The van der Waals surface area contributed by atoms with Crippen molar-refractivity contribution >= 4 is 11.9 Å². The predicted octanol–water partition coefficient (Wildman–Crippen LogP) is 13.7. The molecule has 0 aromatic rings. The van der Waals surface area contributed by atoms with Crippen LogP contribution in [-0.2, 0) is 9.59 Å². The average molecular weight is 623 g/mol. The van der Waals surface area contributed by atoms with Crippen LogP contribution in [0.15, 0.2) is 0 Å². The number of hydrogen-bond acceptors (Lipinski definition) is 2. The fraction of sp³-hybridized carbons (Fsp3) is 0.950. The molecule has 262 valence electrons. The van der Waals surface area contributed by atoms with E-state index in [0.717, 1.165) is 77.0 Å². The van der Waals surface area contributed by atoms with Crippen molar-refractivity contribution in [2.45, 2.75) is 233 Å². The summed E-state index contributed by atoms with van der Waals surface area (Å²) < 4.78 is 0. The topological polar surface area (TPSA) is 74.6 Å². The van der Waals surface area contributed by atoms with E-state index >= 15 is 0 Å². The molecule has 0 saturated heterocycles. The molecule has 0 aliphatic carbocycles. The lowest BCUT2D eigenvalue weighted by atomic mass is 9.54. The molecule has 2 N–H and O–H groups in total. The van der Waals surface area contributed by atoms with Gasteiger partial charge in [-0.05, 0) is 25.7 Å². The molecule has 0 amide bonds. The quantitative estimate of drug-likeness (QED) is 0.0689. The van der Waals surface area contributed by atoms with Gasteiger partial charge in [-0.2, -0.15) is 0 Å². The largest absolute Gasteiger partial charge is 0.481 e. The van der Waals surface area contributed by atoms with Crippen LogP contribution < -0.4 is 0 Å². The first-order valence-corrected chi connectivity index (χ1v) is 19.8. The molecule has 0 fully saturated rings. The van der Waals surface area contributed by atoms with E-state index in [9.17, 15) is 19.8 Å². The molecule has 0 aliphatic rings. The average Bonchev–Trinajstić information content (AvgIpc) is 3.01. The number of carbonyl (C=O) groups is 2. The van der Waals surface area contributed by atoms with E-state index in [0.29, 0.717) is 25.7 Å². The van der Waals surface area contributed by atoms with Crippen molar-refractivity contribution in [3.05, 3.63) is 0 Å². The Morgan fingerprint density at radius 3 is 0.636 bits per heavy atom. The lowest BCUT2D eigenvalue weighted by molar-refractivity contribution is -0.179. The summed E-state index contributed by atoms with van der Waals surface area (Å²) in [5, 5.41) is 22.1. The lowest BCUT2D eigenvalue weighted by Gasteiger charge is -2.46. The number of hydrogen-bond donors (Lipinski definition) is 2. The van der Waals surface area contributed by atoms with Gasteiger partial charge in [-0.15, -0.1) is 0 Å². The van der Waals surface area contributed by atoms with Gasteiger partial charge in [-0.3, -0.25) is 9.59 Å². The van der Waals surface area contributed by atoms with E-state index in [2.05, 4.69) is 27.7 Å². The van der Waals surface area contributed by atoms with E-state index in [-0.39, 0.29) is 0 Å². The van der Waals surface area contributed by atoms with Gasteiger partial charge < -0.3 is 10.2 Å². The van der Waals surface area contributed by atoms with Crippen molar-refractivity contribution in [3.8, 4) is 0 Å². The normalized spacial score (nSPS) is 13.3. The van der Waals surface area contributed by atoms with Crippen LogP contribution in [0.25, 0.3) is 0 Å². The van der Waals surface area contributed by atoms with Crippen LogP contribution in [0.1, 0.15) is 233 Å². The minimum atomic E-state index is -1.17. The number of carboxylic acid groups (broad SMARTS) is 2. The van der Waals surface area contributed by atoms with Crippen LogP contribution in [0, 0.1) is 10.8 Å². The summed E-state index contributed by atoms with van der Waals surface area (Å²) in [5.41, 5.74) is -2.34. The van der Waals surface area contributed by atoms with Gasteiger partial charge in [0.15, 0.2) is 0 Å². The summed E-state index contributed by atoms with van der Waals surface area (Å²) in [7, 11) is 0. The molecule has 0 aliphatic heterocycles. The third-order valence-corrected chi connectivity index (χ3v) is 10.6. The van der Waals surface area contributed by atoms with Crippen molar-refractivity contribution in [1.82, 2.24) is 0 Å². The number of rotatable bonds is 35. The zero-order chi connectivity index (χ0) is 32.8. The highest BCUT2D eigenvalue weighted by atomic mass is 16.4. The van der Waals surface area contributed by atoms with Gasteiger partial charge in [0.2, 0.25) is 0 Å². The van der Waals surface area contributed by atoms with Gasteiger partial charge in [-0.25, -0.2) is 0 Å². The van der Waals surface area contributed by atoms with Crippen molar-refractivity contribution in [2.75, 3.05) is 0 Å². The van der Waals surface area contributed by atoms with Crippen LogP contribution in [0.5, 0.6) is 0 Å². The first-order valence-electron chi connectivity index (χ1n) is 19.8. The van der Waals surface area contributed by atoms with Crippen molar-refractivity contribution < 1.29 is 19.8 Å². The lowest BCUT2D eigenvalue weighted by Crippen LogP contribution is -2.53. The zero-order valence-electron chi connectivity index (χ0n) is 30.3. The van der Waals surface area contributed by atoms with Crippen LogP contribution in [0.4, 0.5) is 0 Å². The van der Waals surface area contributed by atoms with E-state index in [1.54, 1.807) is 0 Å². The molecule has 0 radical (unpaired) electrons. The van der Waals surface area contributed by atoms with Gasteiger partial charge in [0.1, 0.15) is 0 Å². The molecular formula is C40H78O4. The Morgan fingerprint density at radius 1 is 0.318 bits per heavy atom. The predicted molar refractivity (Wildman–Crippen MR) is 191 cm³/mol. The summed E-state index contributed by atoms with van der Waals surface area (Å²) in [4.78, 5) is 27.0. The van der Waals surface area contributed by atoms with Crippen molar-refractivity contribution in [3.63, 3.8) is 0 Å². The fourth-order valence-corrected chi connectivity index (χ4v) is 7.58. The maximum Gasteiger partial charge on any atom is 0.310 e. The van der Waals surface area contributed by atoms with Crippen molar-refractivity contribution in [2.24, 2.45) is 10.8 Å². The minimum Gasteiger partial charge on any atom is -0.481 e. The standard InChI is InChI=1S/C40H78O4/c1-5-9-13-17-21-22-23-24-28-32-36-40(38(43)44,35-31-27-20-16-12-8-4)39(37(41)42,33-29-25-18-14-10-6-2)34-30-26-19-15-11-7-3/h5-36H2,1-4H3,(H,41,42)(H,43,44). The SMILES string of the molecule is CCCCCCCCCCCCC(CCCCCCCC)(C(=O)O)C(CCCCCCCC)(CCCCCCCC)C(=O)O. The Kier molecular flexibility index (Phi) is 28.6. The van der Waals surface area contributed by atoms with Crippen molar-refractivity contribution in [1.29, 1.82) is 0 Å². The Balaban J connectivity index is 5.84. The Labute approximate surface area is 275 Å². The second-order valence-corrected chi connectivity index (χ2v) is 14.3. The Bertz CT molecular complexity index is 644. The molecule has 0 heterocycles. The third-order valence-electron chi connectivity index (χ3n) is 10.6. The first kappa shape index (κ1) is 42.9. The second-order valence-electron chi connectivity index (χ2n) is 14.3. The Hall–Kier alpha value is -1.06. The molecule has 0 spiro atoms. The highest BCUT2D eigenvalue weighted by molar-refractivity contribution is 5.86. The van der Waals surface area contributed by atoms with Gasteiger partial charge in [0.25, 0.3) is 0 Å². The molecule has 1 atom stereocenters. The van der Waals surface area contributed by atoms with E-state index in [1.807, 2.05) is 0 Å². The zero-order valence-corrected chi connectivity index (χ0v) is 30.3. The summed E-state index contributed by atoms with van der Waals surface area (Å²) >= 11 is 0. The van der Waals surface area contributed by atoms with Gasteiger partial charge in [-0.1, -0.05) is 207 Å². The molecule has 0 bridgehead atoms. The Morgan fingerprint density at radius 2 is 0.477 bits per heavy atom. The molecule has 0 rings (SSSR count). The monoisotopic (exact) mass is 623 g/mol. The molecule has 0 aromatic heterocycles. The minimum absolute atomic E-state index is 0.517. The van der Waals surface area contributed by atoms with Crippen LogP contribution in [0.2, 0.25) is 0 Å². The van der Waals surface area contributed by atoms with E-state index < -0.39 is 22.8 Å². The maximum atomic E-state index is 13.5. The number of aliphatic carboxylic acids is 2. The van der Waals surface area contributed by atoms with Crippen LogP contribution in [-0.4, -0.2) is 22.2 Å². The van der Waals surface area contributed by atoms with Gasteiger partial charge in [0.05, 0.1) is 10.8 Å². The first-order chi connectivity index (χ1) is 21.4. The fourth-order valence-electron chi connectivity index (χ4n) is 7.58. The number of unbranched alkanes of at least 4 members (excludes halogenated alkanes) is 24. The van der Waals surface area contributed by atoms with Gasteiger partial charge >= 0.3 is 11.9 Å². The summed E-state index contributed by atoms with van der Waals surface area (Å²) in [6, 6.07) is 0. The third kappa shape index (κ3) is 18.2. The van der Waals surface area contributed by atoms with Crippen LogP contribution >= 0.6 is 0 Å².